The van der Waals surface area contributed by atoms with Gasteiger partial charge in [-0.2, -0.15) is 0 Å². The Hall–Kier alpha value is -3.99. The van der Waals surface area contributed by atoms with Gasteiger partial charge in [0.05, 0.1) is 15.9 Å². The van der Waals surface area contributed by atoms with Crippen LogP contribution in [-0.4, -0.2) is 41.3 Å². The molecule has 1 atom stereocenters. The molecule has 1 aromatic heterocycles. The van der Waals surface area contributed by atoms with Crippen molar-refractivity contribution < 1.29 is 29.3 Å². The number of carbonyl (C=O) groups is 3. The number of aromatic carboxylic acids is 1. The van der Waals surface area contributed by atoms with Gasteiger partial charge in [0.15, 0.2) is 17.2 Å². The highest BCUT2D eigenvalue weighted by Crippen LogP contribution is 2.46. The quantitative estimate of drug-likeness (QED) is 0.159. The summed E-state index contributed by atoms with van der Waals surface area (Å²) in [6.07, 6.45) is 0. The fraction of sp³-hybridized carbons (Fsp3) is 0.167. The van der Waals surface area contributed by atoms with Crippen molar-refractivity contribution in [3.05, 3.63) is 105 Å². The lowest BCUT2D eigenvalue weighted by Crippen LogP contribution is -2.57. The molecule has 0 aliphatic rings. The summed E-state index contributed by atoms with van der Waals surface area (Å²) in [5.74, 6) is -2.48. The Morgan fingerprint density at radius 1 is 0.925 bits per heavy atom. The van der Waals surface area contributed by atoms with Gasteiger partial charge >= 0.3 is 18.0 Å². The van der Waals surface area contributed by atoms with Gasteiger partial charge in [0.2, 0.25) is 0 Å². The zero-order chi connectivity index (χ0) is 28.7. The van der Waals surface area contributed by atoms with Gasteiger partial charge in [-0.1, -0.05) is 72.8 Å². The molecule has 3 aromatic carbocycles. The van der Waals surface area contributed by atoms with Crippen LogP contribution in [0.3, 0.4) is 0 Å². The number of urea groups is 1. The molecule has 0 saturated heterocycles. The molecule has 3 N–H and O–H groups in total. The van der Waals surface area contributed by atoms with Crippen LogP contribution < -0.4 is 14.5 Å². The van der Waals surface area contributed by atoms with Gasteiger partial charge in [-0.05, 0) is 40.0 Å². The maximum atomic E-state index is 14.0. The number of halogens is 1. The molecule has 0 fully saturated rings. The Labute approximate surface area is 244 Å². The van der Waals surface area contributed by atoms with Gasteiger partial charge in [-0.25, -0.2) is 18.9 Å². The third-order valence-electron chi connectivity index (χ3n) is 6.46. The molecule has 0 bridgehead atoms. The highest BCUT2D eigenvalue weighted by atomic mass is 79.9. The Morgan fingerprint density at radius 3 is 2.17 bits per heavy atom. The number of hydrogen-bond donors (Lipinski definition) is 3. The van der Waals surface area contributed by atoms with Crippen LogP contribution in [0.5, 0.6) is 5.75 Å². The normalized spacial score (nSPS) is 12.3. The van der Waals surface area contributed by atoms with E-state index >= 15 is 0 Å². The first kappa shape index (κ1) is 29.0. The van der Waals surface area contributed by atoms with Gasteiger partial charge in [0.25, 0.3) is 0 Å². The van der Waals surface area contributed by atoms with Gasteiger partial charge in [0.1, 0.15) is 12.2 Å². The maximum absolute atomic E-state index is 14.0. The monoisotopic (exact) mass is 623 g/mol. The fourth-order valence-corrected chi connectivity index (χ4v) is 6.32. The Balaban J connectivity index is 1.77. The second kappa shape index (κ2) is 12.9. The van der Waals surface area contributed by atoms with Crippen LogP contribution in [0.25, 0.3) is 10.4 Å². The van der Waals surface area contributed by atoms with Crippen molar-refractivity contribution in [1.29, 1.82) is 0 Å². The summed E-state index contributed by atoms with van der Waals surface area (Å²) in [5, 5.41) is 21.9. The summed E-state index contributed by atoms with van der Waals surface area (Å²) in [7, 11) is 0. The molecule has 1 unspecified atom stereocenters. The second-order valence-corrected chi connectivity index (χ2v) is 10.8. The fourth-order valence-electron chi connectivity index (χ4n) is 4.44. The van der Waals surface area contributed by atoms with E-state index in [4.69, 9.17) is 9.84 Å². The molecule has 0 aliphatic heterocycles. The minimum absolute atomic E-state index is 0.0260. The number of carbonyl (C=O) groups excluding carboxylic acids is 1. The van der Waals surface area contributed by atoms with E-state index in [2.05, 4.69) is 21.2 Å². The molecule has 0 aliphatic carbocycles. The maximum Gasteiger partial charge on any atom is 0.422 e. The standard InChI is InChI=1S/C30H27BrN2O6S/c1-2-33(18-21-12-7-4-8-13-21,30(38)32-17-20-10-5-3-6-11-20)23-15-9-14-22(16-23)27-25(31)26(39-19-24(34)35)28(40-27)29(36)37/h3-16H,2,17-19H2,1H3,(H2-,32,34,35,36,37,38)/p+1. The summed E-state index contributed by atoms with van der Waals surface area (Å²) in [5.41, 5.74) is 3.36. The summed E-state index contributed by atoms with van der Waals surface area (Å²) >= 11 is 4.40. The summed E-state index contributed by atoms with van der Waals surface area (Å²) in [6, 6.07) is 26.7. The minimum atomic E-state index is -1.23. The number of hydrogen-bond acceptors (Lipinski definition) is 5. The zero-order valence-corrected chi connectivity index (χ0v) is 24.1. The molecule has 2 amide bonds. The van der Waals surface area contributed by atoms with Crippen molar-refractivity contribution in [3.8, 4) is 16.2 Å². The molecule has 10 heteroatoms. The highest BCUT2D eigenvalue weighted by Gasteiger charge is 2.38. The summed E-state index contributed by atoms with van der Waals surface area (Å²) in [6.45, 7) is 2.51. The predicted molar refractivity (Wildman–Crippen MR) is 159 cm³/mol. The van der Waals surface area contributed by atoms with Gasteiger partial charge in [-0.15, -0.1) is 11.3 Å². The summed E-state index contributed by atoms with van der Waals surface area (Å²) < 4.78 is 5.64. The van der Waals surface area contributed by atoms with Crippen LogP contribution in [0.2, 0.25) is 0 Å². The van der Waals surface area contributed by atoms with E-state index in [1.54, 1.807) is 0 Å². The van der Waals surface area contributed by atoms with Crippen molar-refractivity contribution in [1.82, 2.24) is 9.80 Å². The molecule has 4 rings (SSSR count). The second-order valence-electron chi connectivity index (χ2n) is 9.01. The third-order valence-corrected chi connectivity index (χ3v) is 8.68. The van der Waals surface area contributed by atoms with Crippen LogP contribution in [0, 0.1) is 0 Å². The summed E-state index contributed by atoms with van der Waals surface area (Å²) in [4.78, 5) is 37.4. The van der Waals surface area contributed by atoms with Crippen molar-refractivity contribution in [2.75, 3.05) is 13.2 Å². The SMILES string of the molecule is CC[N+](Cc1ccccc1)(C(=O)NCc1ccccc1)c1cccc(-c2sc(C(=O)O)c(OCC(=O)O)c2Br)c1. The lowest BCUT2D eigenvalue weighted by Gasteiger charge is -2.34. The van der Waals surface area contributed by atoms with Crippen LogP contribution in [0.4, 0.5) is 10.5 Å². The number of quaternary nitrogens is 1. The van der Waals surface area contributed by atoms with Crippen molar-refractivity contribution in [2.45, 2.75) is 20.0 Å². The number of rotatable bonds is 11. The Kier molecular flexibility index (Phi) is 9.36. The highest BCUT2D eigenvalue weighted by molar-refractivity contribution is 9.10. The number of ether oxygens (including phenoxy) is 1. The number of carboxylic acid groups (broad SMARTS) is 2. The number of benzene rings is 3. The van der Waals surface area contributed by atoms with Crippen molar-refractivity contribution in [2.24, 2.45) is 0 Å². The van der Waals surface area contributed by atoms with E-state index in [9.17, 15) is 19.5 Å². The number of carboxylic acids is 2. The topological polar surface area (TPSA) is 113 Å². The van der Waals surface area contributed by atoms with Crippen molar-refractivity contribution in [3.63, 3.8) is 0 Å². The van der Waals surface area contributed by atoms with Crippen molar-refractivity contribution >= 4 is 50.9 Å². The zero-order valence-electron chi connectivity index (χ0n) is 21.7. The van der Waals surface area contributed by atoms with E-state index in [1.807, 2.05) is 91.9 Å². The first-order chi connectivity index (χ1) is 19.2. The first-order valence-corrected chi connectivity index (χ1v) is 14.1. The van der Waals surface area contributed by atoms with E-state index in [1.165, 1.54) is 0 Å². The van der Waals surface area contributed by atoms with E-state index in [0.29, 0.717) is 34.5 Å². The minimum Gasteiger partial charge on any atom is -0.479 e. The molecule has 40 heavy (non-hydrogen) atoms. The molecule has 4 aromatic rings. The average molecular weight is 625 g/mol. The first-order valence-electron chi connectivity index (χ1n) is 12.5. The number of nitrogens with zero attached hydrogens (tertiary/aromatic N) is 1. The van der Waals surface area contributed by atoms with Gasteiger partial charge < -0.3 is 20.3 Å². The predicted octanol–water partition coefficient (Wildman–Crippen LogP) is 6.78. The third kappa shape index (κ3) is 6.41. The number of amides is 2. The van der Waals surface area contributed by atoms with Crippen LogP contribution >= 0.6 is 27.3 Å². The molecule has 0 spiro atoms. The van der Waals surface area contributed by atoms with E-state index in [-0.39, 0.29) is 21.1 Å². The lowest BCUT2D eigenvalue weighted by molar-refractivity contribution is -0.139. The van der Waals surface area contributed by atoms with Crippen LogP contribution in [0.15, 0.2) is 89.4 Å². The Morgan fingerprint density at radius 2 is 1.57 bits per heavy atom. The number of nitrogens with one attached hydrogen (secondary N) is 1. The molecule has 0 radical (unpaired) electrons. The van der Waals surface area contributed by atoms with Gasteiger partial charge in [0, 0.05) is 18.2 Å². The van der Waals surface area contributed by atoms with Gasteiger partial charge in [-0.3, -0.25) is 0 Å². The largest absolute Gasteiger partial charge is 0.479 e. The number of thiophene rings is 1. The van der Waals surface area contributed by atoms with E-state index < -0.39 is 18.5 Å². The molecule has 206 valence electrons. The molecule has 0 saturated carbocycles. The molecular weight excluding hydrogens is 596 g/mol. The number of aliphatic carboxylic acids is 1. The smallest absolute Gasteiger partial charge is 0.422 e. The van der Waals surface area contributed by atoms with E-state index in [0.717, 1.165) is 28.2 Å². The lowest BCUT2D eigenvalue weighted by atomic mass is 10.1. The Bertz CT molecular complexity index is 1510. The molecule has 8 nitrogen and oxygen atoms in total. The van der Waals surface area contributed by atoms with Crippen LogP contribution in [0.1, 0.15) is 27.7 Å². The molecule has 1 heterocycles. The average Bonchev–Trinajstić information content (AvgIpc) is 3.31. The van der Waals surface area contributed by atoms with Crippen LogP contribution in [-0.2, 0) is 17.9 Å². The molecular formula is C30H28BrN2O6S+.